The Morgan fingerprint density at radius 3 is 2.59 bits per heavy atom. The van der Waals surface area contributed by atoms with Crippen LogP contribution < -0.4 is 16.2 Å². The Labute approximate surface area is 166 Å². The van der Waals surface area contributed by atoms with Crippen molar-refractivity contribution in [2.45, 2.75) is 45.4 Å². The quantitative estimate of drug-likeness (QED) is 0.564. The van der Waals surface area contributed by atoms with E-state index in [1.807, 2.05) is 13.8 Å². The highest BCUT2D eigenvalue weighted by atomic mass is 35.5. The van der Waals surface area contributed by atoms with Gasteiger partial charge in [-0.1, -0.05) is 37.2 Å². The van der Waals surface area contributed by atoms with E-state index in [-0.39, 0.29) is 23.3 Å². The Kier molecular flexibility index (Phi) is 7.26. The molecule has 0 aliphatic heterocycles. The molecule has 27 heavy (non-hydrogen) atoms. The standard InChI is InChI=1S/C18H23ClN4O3S/c1-10(2)8-23-16(25)13-7-12(19)5-6-14(13)21-18(23)27-9-15(24)22-17(26)20-11(3)4/h5-7,10-11H,8-9H2,1-4H3,(H2,20,22,24,26). The lowest BCUT2D eigenvalue weighted by molar-refractivity contribution is -0.117. The van der Waals surface area contributed by atoms with E-state index in [9.17, 15) is 14.4 Å². The zero-order valence-electron chi connectivity index (χ0n) is 15.7. The number of carbonyl (C=O) groups excluding carboxylic acids is 2. The number of nitrogens with one attached hydrogen (secondary N) is 2. The van der Waals surface area contributed by atoms with Crippen LogP contribution >= 0.6 is 23.4 Å². The third-order valence-electron chi connectivity index (χ3n) is 3.43. The van der Waals surface area contributed by atoms with Crippen molar-refractivity contribution in [3.8, 4) is 0 Å². The molecule has 2 N–H and O–H groups in total. The maximum atomic E-state index is 12.9. The summed E-state index contributed by atoms with van der Waals surface area (Å²) < 4.78 is 1.55. The Morgan fingerprint density at radius 1 is 1.26 bits per heavy atom. The summed E-state index contributed by atoms with van der Waals surface area (Å²) in [4.78, 5) is 41.0. The Balaban J connectivity index is 2.25. The van der Waals surface area contributed by atoms with Crippen molar-refractivity contribution in [1.82, 2.24) is 20.2 Å². The minimum absolute atomic E-state index is 0.0326. The third kappa shape index (κ3) is 5.97. The van der Waals surface area contributed by atoms with E-state index in [0.29, 0.717) is 27.6 Å². The van der Waals surface area contributed by atoms with E-state index in [1.54, 1.807) is 36.6 Å². The van der Waals surface area contributed by atoms with Gasteiger partial charge >= 0.3 is 6.03 Å². The number of hydrogen-bond donors (Lipinski definition) is 2. The molecule has 7 nitrogen and oxygen atoms in total. The van der Waals surface area contributed by atoms with Crippen LogP contribution in [0.2, 0.25) is 5.02 Å². The first-order chi connectivity index (χ1) is 12.7. The molecule has 2 rings (SSSR count). The monoisotopic (exact) mass is 410 g/mol. The third-order valence-corrected chi connectivity index (χ3v) is 4.65. The lowest BCUT2D eigenvalue weighted by atomic mass is 10.2. The maximum Gasteiger partial charge on any atom is 0.321 e. The second kappa shape index (κ2) is 9.23. The van der Waals surface area contributed by atoms with Crippen molar-refractivity contribution in [2.24, 2.45) is 5.92 Å². The number of benzene rings is 1. The number of carbonyl (C=O) groups is 2. The lowest BCUT2D eigenvalue weighted by Gasteiger charge is -2.15. The smallest absolute Gasteiger partial charge is 0.321 e. The highest BCUT2D eigenvalue weighted by Crippen LogP contribution is 2.21. The molecule has 1 aromatic carbocycles. The van der Waals surface area contributed by atoms with Crippen LogP contribution in [0.5, 0.6) is 0 Å². The number of rotatable bonds is 6. The van der Waals surface area contributed by atoms with Gasteiger partial charge < -0.3 is 5.32 Å². The number of fused-ring (bicyclic) bond motifs is 1. The van der Waals surface area contributed by atoms with Gasteiger partial charge in [-0.15, -0.1) is 0 Å². The number of aromatic nitrogens is 2. The van der Waals surface area contributed by atoms with E-state index < -0.39 is 11.9 Å². The van der Waals surface area contributed by atoms with Crippen LogP contribution in [0, 0.1) is 5.92 Å². The Bertz CT molecular complexity index is 911. The van der Waals surface area contributed by atoms with Crippen molar-refractivity contribution in [3.05, 3.63) is 33.6 Å². The topological polar surface area (TPSA) is 93.1 Å². The first-order valence-electron chi connectivity index (χ1n) is 8.60. The van der Waals surface area contributed by atoms with E-state index in [4.69, 9.17) is 11.6 Å². The van der Waals surface area contributed by atoms with Crippen molar-refractivity contribution in [3.63, 3.8) is 0 Å². The molecule has 0 saturated carbocycles. The maximum absolute atomic E-state index is 12.9. The summed E-state index contributed by atoms with van der Waals surface area (Å²) in [5, 5.41) is 6.18. The molecule has 0 saturated heterocycles. The minimum Gasteiger partial charge on any atom is -0.336 e. The van der Waals surface area contributed by atoms with Crippen LogP contribution in [0.3, 0.4) is 0 Å². The average Bonchev–Trinajstić information content (AvgIpc) is 2.55. The van der Waals surface area contributed by atoms with Gasteiger partial charge in [-0.2, -0.15) is 0 Å². The fraction of sp³-hybridized carbons (Fsp3) is 0.444. The highest BCUT2D eigenvalue weighted by molar-refractivity contribution is 7.99. The molecule has 1 aromatic heterocycles. The Morgan fingerprint density at radius 2 is 1.96 bits per heavy atom. The summed E-state index contributed by atoms with van der Waals surface area (Å²) >= 11 is 7.12. The number of amides is 3. The summed E-state index contributed by atoms with van der Waals surface area (Å²) in [5.74, 6) is -0.277. The predicted octanol–water partition coefficient (Wildman–Crippen LogP) is 3.03. The molecule has 0 bridgehead atoms. The van der Waals surface area contributed by atoms with Crippen molar-refractivity contribution >= 4 is 46.2 Å². The van der Waals surface area contributed by atoms with Crippen molar-refractivity contribution in [1.29, 1.82) is 0 Å². The molecular weight excluding hydrogens is 388 g/mol. The predicted molar refractivity (Wildman–Crippen MR) is 108 cm³/mol. The Hall–Kier alpha value is -2.06. The molecule has 0 fully saturated rings. The van der Waals surface area contributed by atoms with Gasteiger partial charge in [-0.25, -0.2) is 9.78 Å². The molecule has 0 radical (unpaired) electrons. The van der Waals surface area contributed by atoms with Crippen molar-refractivity contribution < 1.29 is 9.59 Å². The fourth-order valence-electron chi connectivity index (χ4n) is 2.40. The number of thioether (sulfide) groups is 1. The number of imide groups is 1. The van der Waals surface area contributed by atoms with Gasteiger partial charge in [0.1, 0.15) is 0 Å². The van der Waals surface area contributed by atoms with E-state index >= 15 is 0 Å². The molecule has 146 valence electrons. The molecule has 0 aliphatic carbocycles. The molecule has 0 aliphatic rings. The van der Waals surface area contributed by atoms with Crippen LogP contribution in [-0.2, 0) is 11.3 Å². The van der Waals surface area contributed by atoms with Gasteiger partial charge in [-0.05, 0) is 38.0 Å². The molecule has 2 aromatic rings. The summed E-state index contributed by atoms with van der Waals surface area (Å²) in [5.41, 5.74) is 0.321. The first-order valence-corrected chi connectivity index (χ1v) is 9.97. The van der Waals surface area contributed by atoms with Crippen LogP contribution in [-0.4, -0.2) is 33.3 Å². The largest absolute Gasteiger partial charge is 0.336 e. The summed E-state index contributed by atoms with van der Waals surface area (Å²) in [6, 6.07) is 4.33. The minimum atomic E-state index is -0.545. The second-order valence-corrected chi connectivity index (χ2v) is 8.21. The number of nitrogens with zero attached hydrogens (tertiary/aromatic N) is 2. The van der Waals surface area contributed by atoms with Crippen LogP contribution in [0.25, 0.3) is 10.9 Å². The zero-order valence-corrected chi connectivity index (χ0v) is 17.3. The van der Waals surface area contributed by atoms with Crippen LogP contribution in [0.1, 0.15) is 27.7 Å². The van der Waals surface area contributed by atoms with Gasteiger partial charge in [0.25, 0.3) is 5.56 Å². The molecule has 0 unspecified atom stereocenters. The number of urea groups is 1. The normalized spacial score (nSPS) is 11.2. The molecule has 0 spiro atoms. The average molecular weight is 411 g/mol. The molecular formula is C18H23ClN4O3S. The second-order valence-electron chi connectivity index (χ2n) is 6.83. The molecule has 0 atom stereocenters. The van der Waals surface area contributed by atoms with Crippen LogP contribution in [0.4, 0.5) is 4.79 Å². The molecule has 9 heteroatoms. The first kappa shape index (κ1) is 21.2. The highest BCUT2D eigenvalue weighted by Gasteiger charge is 2.16. The van der Waals surface area contributed by atoms with Crippen molar-refractivity contribution in [2.75, 3.05) is 5.75 Å². The molecule has 1 heterocycles. The lowest BCUT2D eigenvalue weighted by Crippen LogP contribution is -2.43. The van der Waals surface area contributed by atoms with Gasteiger partial charge in [0, 0.05) is 17.6 Å². The van der Waals surface area contributed by atoms with E-state index in [1.165, 1.54) is 0 Å². The summed E-state index contributed by atoms with van der Waals surface area (Å²) in [7, 11) is 0. The van der Waals surface area contributed by atoms with Gasteiger partial charge in [0.15, 0.2) is 5.16 Å². The SMILES string of the molecule is CC(C)Cn1c(SCC(=O)NC(=O)NC(C)C)nc2ccc(Cl)cc2c1=O. The molecule has 3 amide bonds. The number of halogens is 1. The van der Waals surface area contributed by atoms with Crippen LogP contribution in [0.15, 0.2) is 28.2 Å². The summed E-state index contributed by atoms with van der Waals surface area (Å²) in [6.07, 6.45) is 0. The van der Waals surface area contributed by atoms with Gasteiger partial charge in [0.2, 0.25) is 5.91 Å². The van der Waals surface area contributed by atoms with E-state index in [0.717, 1.165) is 11.8 Å². The van der Waals surface area contributed by atoms with Gasteiger partial charge in [0.05, 0.1) is 16.7 Å². The fourth-order valence-corrected chi connectivity index (χ4v) is 3.38. The van der Waals surface area contributed by atoms with Gasteiger partial charge in [-0.3, -0.25) is 19.5 Å². The van der Waals surface area contributed by atoms with E-state index in [2.05, 4.69) is 15.6 Å². The number of hydrogen-bond acceptors (Lipinski definition) is 5. The summed E-state index contributed by atoms with van der Waals surface area (Å²) in [6.45, 7) is 8.05. The zero-order chi connectivity index (χ0) is 20.1.